The highest BCUT2D eigenvalue weighted by Crippen LogP contribution is 2.20. The first-order valence-electron chi connectivity index (χ1n) is 6.92. The zero-order valence-electron chi connectivity index (χ0n) is 11.9. The molecule has 1 aromatic carbocycles. The van der Waals surface area contributed by atoms with E-state index in [4.69, 9.17) is 11.6 Å². The molecule has 1 aliphatic rings. The predicted molar refractivity (Wildman–Crippen MR) is 84.0 cm³/mol. The van der Waals surface area contributed by atoms with Gasteiger partial charge < -0.3 is 5.32 Å². The molecule has 116 valence electrons. The summed E-state index contributed by atoms with van der Waals surface area (Å²) in [4.78, 5) is 12.0. The monoisotopic (exact) mass is 330 g/mol. The first-order valence-corrected chi connectivity index (χ1v) is 8.91. The molecule has 0 aliphatic carbocycles. The molecular formula is C14H19ClN2O3S. The van der Waals surface area contributed by atoms with Gasteiger partial charge in [-0.3, -0.25) is 4.79 Å². The molecule has 7 heteroatoms. The SMILES string of the molecule is Cc1ccc(Cl)cc1NC(=O)CCN1CCCCS1(=O)=O. The minimum Gasteiger partial charge on any atom is -0.326 e. The van der Waals surface area contributed by atoms with E-state index in [-0.39, 0.29) is 24.6 Å². The number of nitrogens with one attached hydrogen (secondary N) is 1. The van der Waals surface area contributed by atoms with Gasteiger partial charge in [0.1, 0.15) is 0 Å². The van der Waals surface area contributed by atoms with Crippen LogP contribution in [-0.4, -0.2) is 37.5 Å². The average molecular weight is 331 g/mol. The van der Waals surface area contributed by atoms with Crippen molar-refractivity contribution in [3.63, 3.8) is 0 Å². The quantitative estimate of drug-likeness (QED) is 0.921. The molecule has 1 saturated heterocycles. The van der Waals surface area contributed by atoms with Crippen LogP contribution >= 0.6 is 11.6 Å². The summed E-state index contributed by atoms with van der Waals surface area (Å²) in [6.07, 6.45) is 1.70. The predicted octanol–water partition coefficient (Wildman–Crippen LogP) is 2.40. The Morgan fingerprint density at radius 2 is 2.14 bits per heavy atom. The number of anilines is 1. The number of carbonyl (C=O) groups is 1. The van der Waals surface area contributed by atoms with Crippen molar-refractivity contribution in [2.75, 3.05) is 24.2 Å². The van der Waals surface area contributed by atoms with E-state index < -0.39 is 10.0 Å². The fourth-order valence-electron chi connectivity index (χ4n) is 2.26. The van der Waals surface area contributed by atoms with Gasteiger partial charge in [0.15, 0.2) is 0 Å². The minimum atomic E-state index is -3.17. The molecule has 0 saturated carbocycles. The zero-order chi connectivity index (χ0) is 15.5. The van der Waals surface area contributed by atoms with E-state index in [0.29, 0.717) is 23.7 Å². The summed E-state index contributed by atoms with van der Waals surface area (Å²) in [5.74, 6) is -0.0247. The van der Waals surface area contributed by atoms with Crippen molar-refractivity contribution in [1.29, 1.82) is 0 Å². The molecule has 5 nitrogen and oxygen atoms in total. The second-order valence-corrected chi connectivity index (χ2v) is 7.70. The average Bonchev–Trinajstić information content (AvgIpc) is 2.41. The van der Waals surface area contributed by atoms with Crippen LogP contribution in [0.2, 0.25) is 5.02 Å². The topological polar surface area (TPSA) is 66.5 Å². The Morgan fingerprint density at radius 1 is 1.38 bits per heavy atom. The Hall–Kier alpha value is -1.11. The molecule has 0 atom stereocenters. The maximum Gasteiger partial charge on any atom is 0.225 e. The standard InChI is InChI=1S/C14H19ClN2O3S/c1-11-4-5-12(15)10-13(11)16-14(18)6-8-17-7-2-3-9-21(17,19)20/h4-5,10H,2-3,6-9H2,1H3,(H,16,18). The van der Waals surface area contributed by atoms with Gasteiger partial charge in [-0.2, -0.15) is 0 Å². The van der Waals surface area contributed by atoms with Crippen LogP contribution < -0.4 is 5.32 Å². The summed E-state index contributed by atoms with van der Waals surface area (Å²) in [6, 6.07) is 5.27. The number of nitrogens with zero attached hydrogens (tertiary/aromatic N) is 1. The molecule has 0 bridgehead atoms. The molecule has 1 N–H and O–H groups in total. The van der Waals surface area contributed by atoms with Crippen LogP contribution in [0, 0.1) is 6.92 Å². The third kappa shape index (κ3) is 4.43. The van der Waals surface area contributed by atoms with Gasteiger partial charge in [0.05, 0.1) is 5.75 Å². The van der Waals surface area contributed by atoms with Crippen molar-refractivity contribution in [3.05, 3.63) is 28.8 Å². The highest BCUT2D eigenvalue weighted by molar-refractivity contribution is 7.89. The van der Waals surface area contributed by atoms with Crippen LogP contribution in [0.4, 0.5) is 5.69 Å². The van der Waals surface area contributed by atoms with E-state index in [0.717, 1.165) is 12.0 Å². The summed E-state index contributed by atoms with van der Waals surface area (Å²) in [7, 11) is -3.17. The van der Waals surface area contributed by atoms with Crippen LogP contribution in [0.25, 0.3) is 0 Å². The number of hydrogen-bond donors (Lipinski definition) is 1. The molecule has 1 aromatic rings. The number of halogens is 1. The lowest BCUT2D eigenvalue weighted by molar-refractivity contribution is -0.116. The lowest BCUT2D eigenvalue weighted by atomic mass is 10.2. The molecule has 1 fully saturated rings. The maximum atomic E-state index is 12.0. The van der Waals surface area contributed by atoms with E-state index in [1.807, 2.05) is 13.0 Å². The lowest BCUT2D eigenvalue weighted by Gasteiger charge is -2.25. The smallest absolute Gasteiger partial charge is 0.225 e. The van der Waals surface area contributed by atoms with Gasteiger partial charge in [0.25, 0.3) is 0 Å². The van der Waals surface area contributed by atoms with Gasteiger partial charge in [0.2, 0.25) is 15.9 Å². The molecule has 0 spiro atoms. The summed E-state index contributed by atoms with van der Waals surface area (Å²) in [5.41, 5.74) is 1.58. The summed E-state index contributed by atoms with van der Waals surface area (Å²) in [5, 5.41) is 3.32. The molecule has 0 radical (unpaired) electrons. The summed E-state index contributed by atoms with van der Waals surface area (Å²) < 4.78 is 25.1. The van der Waals surface area contributed by atoms with Crippen molar-refractivity contribution in [2.45, 2.75) is 26.2 Å². The van der Waals surface area contributed by atoms with Crippen molar-refractivity contribution in [1.82, 2.24) is 4.31 Å². The van der Waals surface area contributed by atoms with Gasteiger partial charge in [-0.1, -0.05) is 17.7 Å². The van der Waals surface area contributed by atoms with Crippen molar-refractivity contribution in [3.8, 4) is 0 Å². The van der Waals surface area contributed by atoms with E-state index in [1.165, 1.54) is 4.31 Å². The third-order valence-corrected chi connectivity index (χ3v) is 5.71. The highest BCUT2D eigenvalue weighted by atomic mass is 35.5. The number of hydrogen-bond acceptors (Lipinski definition) is 3. The summed E-state index contributed by atoms with van der Waals surface area (Å²) >= 11 is 5.90. The Kier molecular flexibility index (Phi) is 5.24. The first kappa shape index (κ1) is 16.3. The molecule has 2 rings (SSSR count). The fourth-order valence-corrected chi connectivity index (χ4v) is 4.04. The Labute approximate surface area is 130 Å². The van der Waals surface area contributed by atoms with Crippen molar-refractivity contribution < 1.29 is 13.2 Å². The number of rotatable bonds is 4. The molecule has 1 aliphatic heterocycles. The van der Waals surface area contributed by atoms with Gasteiger partial charge in [-0.15, -0.1) is 0 Å². The number of aryl methyl sites for hydroxylation is 1. The molecule has 1 amide bonds. The lowest BCUT2D eigenvalue weighted by Crippen LogP contribution is -2.39. The largest absolute Gasteiger partial charge is 0.326 e. The van der Waals surface area contributed by atoms with E-state index >= 15 is 0 Å². The van der Waals surface area contributed by atoms with Gasteiger partial charge in [-0.05, 0) is 37.5 Å². The Morgan fingerprint density at radius 3 is 2.86 bits per heavy atom. The molecule has 1 heterocycles. The van der Waals surface area contributed by atoms with Crippen molar-refractivity contribution in [2.24, 2.45) is 0 Å². The Bertz CT molecular complexity index is 631. The fraction of sp³-hybridized carbons (Fsp3) is 0.500. The van der Waals surface area contributed by atoms with E-state index in [9.17, 15) is 13.2 Å². The normalized spacial score (nSPS) is 18.4. The van der Waals surface area contributed by atoms with E-state index in [1.54, 1.807) is 12.1 Å². The molecule has 21 heavy (non-hydrogen) atoms. The van der Waals surface area contributed by atoms with Crippen LogP contribution in [-0.2, 0) is 14.8 Å². The number of benzene rings is 1. The van der Waals surface area contributed by atoms with Gasteiger partial charge >= 0.3 is 0 Å². The molecular weight excluding hydrogens is 312 g/mol. The number of sulfonamides is 1. The third-order valence-electron chi connectivity index (χ3n) is 3.52. The molecule has 0 unspecified atom stereocenters. The zero-order valence-corrected chi connectivity index (χ0v) is 13.5. The number of amides is 1. The van der Waals surface area contributed by atoms with Gasteiger partial charge in [-0.25, -0.2) is 12.7 Å². The molecule has 0 aromatic heterocycles. The van der Waals surface area contributed by atoms with Crippen LogP contribution in [0.3, 0.4) is 0 Å². The van der Waals surface area contributed by atoms with Crippen molar-refractivity contribution >= 4 is 33.2 Å². The van der Waals surface area contributed by atoms with E-state index in [2.05, 4.69) is 5.32 Å². The highest BCUT2D eigenvalue weighted by Gasteiger charge is 2.25. The minimum absolute atomic E-state index is 0.144. The first-order chi connectivity index (χ1) is 9.88. The summed E-state index contributed by atoms with van der Waals surface area (Å²) in [6.45, 7) is 2.61. The van der Waals surface area contributed by atoms with Crippen LogP contribution in [0.1, 0.15) is 24.8 Å². The maximum absolute atomic E-state index is 12.0. The van der Waals surface area contributed by atoms with Crippen LogP contribution in [0.15, 0.2) is 18.2 Å². The second-order valence-electron chi connectivity index (χ2n) is 5.18. The van der Waals surface area contributed by atoms with Gasteiger partial charge in [0, 0.05) is 30.2 Å². The van der Waals surface area contributed by atoms with Crippen LogP contribution in [0.5, 0.6) is 0 Å². The second kappa shape index (κ2) is 6.77. The Balaban J connectivity index is 1.92. The number of carbonyl (C=O) groups excluding carboxylic acids is 1.